The Morgan fingerprint density at radius 2 is 1.66 bits per heavy atom. The third-order valence-corrected chi connectivity index (χ3v) is 7.58. The summed E-state index contributed by atoms with van der Waals surface area (Å²) in [4.78, 5) is 0. The molecule has 1 fully saturated rings. The molecule has 2 aliphatic rings. The van der Waals surface area contributed by atoms with Gasteiger partial charge in [0.1, 0.15) is 0 Å². The fourth-order valence-corrected chi connectivity index (χ4v) is 5.51. The van der Waals surface area contributed by atoms with Crippen molar-refractivity contribution in [3.05, 3.63) is 83.0 Å². The largest absolute Gasteiger partial charge is 0.491 e. The summed E-state index contributed by atoms with van der Waals surface area (Å²) in [6.07, 6.45) is 2.66. The molecule has 0 heterocycles. The Morgan fingerprint density at radius 1 is 0.921 bits per heavy atom. The minimum atomic E-state index is -3.97. The Balaban J connectivity index is 1.47. The van der Waals surface area contributed by atoms with E-state index in [1.165, 1.54) is 12.1 Å². The van der Waals surface area contributed by atoms with E-state index in [2.05, 4.69) is 6.58 Å². The zero-order chi connectivity index (χ0) is 27.4. The highest BCUT2D eigenvalue weighted by atomic mass is 19.3. The molecular formula is C30H32F6O2. The van der Waals surface area contributed by atoms with Gasteiger partial charge in [-0.1, -0.05) is 24.3 Å². The van der Waals surface area contributed by atoms with Gasteiger partial charge in [-0.15, -0.1) is 6.58 Å². The first-order valence-electron chi connectivity index (χ1n) is 13.1. The zero-order valence-electron chi connectivity index (χ0n) is 21.4. The van der Waals surface area contributed by atoms with Gasteiger partial charge in [-0.2, -0.15) is 13.2 Å². The molecule has 1 unspecified atom stereocenters. The topological polar surface area (TPSA) is 18.5 Å². The smallest absolute Gasteiger partial charge is 0.386 e. The monoisotopic (exact) mass is 538 g/mol. The van der Waals surface area contributed by atoms with Crippen LogP contribution in [0.15, 0.2) is 43.0 Å². The van der Waals surface area contributed by atoms with Crippen LogP contribution in [0.3, 0.4) is 0 Å². The fourth-order valence-electron chi connectivity index (χ4n) is 5.51. The summed E-state index contributed by atoms with van der Waals surface area (Å²) in [5.74, 6) is -5.22. The molecule has 206 valence electrons. The van der Waals surface area contributed by atoms with Crippen LogP contribution in [0.4, 0.5) is 26.3 Å². The standard InChI is InChI=1S/C30H32F6O2/c1-3-5-18-6-12-21(13-7-18)38-30(35,36)24-16-14-22(26(31)28(24)33)19-8-10-20(11-9-19)23-15-17-25(37-4-2)29(34)27(23)32/h3,8,14-18,20-21H,1,4-7,9-13H2,2H3. The Morgan fingerprint density at radius 3 is 2.29 bits per heavy atom. The molecule has 1 atom stereocenters. The third kappa shape index (κ3) is 5.95. The summed E-state index contributed by atoms with van der Waals surface area (Å²) in [7, 11) is 0. The number of benzene rings is 2. The molecule has 0 aliphatic heterocycles. The molecule has 2 nitrogen and oxygen atoms in total. The molecule has 4 rings (SSSR count). The first-order chi connectivity index (χ1) is 18.2. The highest BCUT2D eigenvalue weighted by molar-refractivity contribution is 5.67. The van der Waals surface area contributed by atoms with Gasteiger partial charge in [0, 0.05) is 5.56 Å². The SMILES string of the molecule is C=CCC1CCC(OC(F)(F)c2ccc(C3=CCC(c4ccc(OCC)c(F)c4F)CC3)c(F)c2F)CC1. The van der Waals surface area contributed by atoms with Crippen LogP contribution in [-0.2, 0) is 10.8 Å². The van der Waals surface area contributed by atoms with E-state index in [4.69, 9.17) is 9.47 Å². The molecule has 0 aromatic heterocycles. The second-order valence-corrected chi connectivity index (χ2v) is 10.0. The summed E-state index contributed by atoms with van der Waals surface area (Å²) in [5.41, 5.74) is -0.642. The molecule has 1 saturated carbocycles. The number of ether oxygens (including phenoxy) is 2. The maximum absolute atomic E-state index is 15.0. The molecule has 0 bridgehead atoms. The van der Waals surface area contributed by atoms with Crippen molar-refractivity contribution in [2.24, 2.45) is 5.92 Å². The third-order valence-electron chi connectivity index (χ3n) is 7.58. The Kier molecular flexibility index (Phi) is 8.91. The average Bonchev–Trinajstić information content (AvgIpc) is 2.90. The van der Waals surface area contributed by atoms with E-state index in [0.29, 0.717) is 43.6 Å². The highest BCUT2D eigenvalue weighted by Gasteiger charge is 2.41. The van der Waals surface area contributed by atoms with Crippen LogP contribution in [0.1, 0.15) is 80.9 Å². The lowest BCUT2D eigenvalue weighted by Gasteiger charge is -2.31. The van der Waals surface area contributed by atoms with E-state index in [-0.39, 0.29) is 42.2 Å². The van der Waals surface area contributed by atoms with E-state index < -0.39 is 41.0 Å². The van der Waals surface area contributed by atoms with Crippen molar-refractivity contribution in [3.8, 4) is 5.75 Å². The molecule has 0 N–H and O–H groups in total. The first kappa shape index (κ1) is 28.3. The van der Waals surface area contributed by atoms with Crippen LogP contribution in [0.25, 0.3) is 5.57 Å². The van der Waals surface area contributed by atoms with Gasteiger partial charge in [0.15, 0.2) is 23.2 Å². The molecule has 0 spiro atoms. The predicted octanol–water partition coefficient (Wildman–Crippen LogP) is 9.19. The van der Waals surface area contributed by atoms with Crippen LogP contribution >= 0.6 is 0 Å². The van der Waals surface area contributed by atoms with Crippen molar-refractivity contribution in [3.63, 3.8) is 0 Å². The van der Waals surface area contributed by atoms with E-state index in [1.54, 1.807) is 19.1 Å². The van der Waals surface area contributed by atoms with Crippen LogP contribution < -0.4 is 4.74 Å². The van der Waals surface area contributed by atoms with Gasteiger partial charge in [-0.3, -0.25) is 0 Å². The minimum Gasteiger partial charge on any atom is -0.491 e. The van der Waals surface area contributed by atoms with Gasteiger partial charge in [0.05, 0.1) is 18.3 Å². The maximum Gasteiger partial charge on any atom is 0.386 e. The van der Waals surface area contributed by atoms with E-state index in [0.717, 1.165) is 18.6 Å². The quantitative estimate of drug-likeness (QED) is 0.234. The Labute approximate surface area is 219 Å². The van der Waals surface area contributed by atoms with Gasteiger partial charge >= 0.3 is 6.11 Å². The molecule has 2 aromatic rings. The maximum atomic E-state index is 15.0. The van der Waals surface area contributed by atoms with Gasteiger partial charge in [0.25, 0.3) is 0 Å². The van der Waals surface area contributed by atoms with Crippen LogP contribution in [0.2, 0.25) is 0 Å². The predicted molar refractivity (Wildman–Crippen MR) is 134 cm³/mol. The number of rotatable bonds is 9. The molecule has 2 aromatic carbocycles. The lowest BCUT2D eigenvalue weighted by Crippen LogP contribution is -2.30. The van der Waals surface area contributed by atoms with Crippen LogP contribution in [0, 0.1) is 29.2 Å². The molecule has 0 radical (unpaired) electrons. The highest BCUT2D eigenvalue weighted by Crippen LogP contribution is 2.42. The lowest BCUT2D eigenvalue weighted by molar-refractivity contribution is -0.279. The van der Waals surface area contributed by atoms with E-state index in [9.17, 15) is 22.0 Å². The minimum absolute atomic E-state index is 0.122. The molecule has 0 amide bonds. The number of halogens is 6. The van der Waals surface area contributed by atoms with Crippen molar-refractivity contribution < 1.29 is 35.8 Å². The van der Waals surface area contributed by atoms with Gasteiger partial charge in [0.2, 0.25) is 5.82 Å². The first-order valence-corrected chi connectivity index (χ1v) is 13.1. The number of hydrogen-bond acceptors (Lipinski definition) is 2. The van der Waals surface area contributed by atoms with E-state index in [1.807, 2.05) is 0 Å². The van der Waals surface area contributed by atoms with Gasteiger partial charge < -0.3 is 9.47 Å². The molecule has 8 heteroatoms. The lowest BCUT2D eigenvalue weighted by atomic mass is 9.82. The average molecular weight is 539 g/mol. The summed E-state index contributed by atoms with van der Waals surface area (Å²) >= 11 is 0. The van der Waals surface area contributed by atoms with Crippen LogP contribution in [-0.4, -0.2) is 12.7 Å². The van der Waals surface area contributed by atoms with Crippen molar-refractivity contribution in [2.45, 2.75) is 76.4 Å². The Hall–Kier alpha value is -2.74. The van der Waals surface area contributed by atoms with Crippen molar-refractivity contribution >= 4 is 5.57 Å². The summed E-state index contributed by atoms with van der Waals surface area (Å²) in [6, 6.07) is 4.84. The number of allylic oxidation sites excluding steroid dienone is 3. The number of hydrogen-bond donors (Lipinski definition) is 0. The summed E-state index contributed by atoms with van der Waals surface area (Å²) in [5, 5.41) is 0. The Bertz CT molecular complexity index is 1180. The normalized spacial score (nSPS) is 22.2. The zero-order valence-corrected chi connectivity index (χ0v) is 21.4. The van der Waals surface area contributed by atoms with Gasteiger partial charge in [-0.25, -0.2) is 13.2 Å². The van der Waals surface area contributed by atoms with Crippen molar-refractivity contribution in [2.75, 3.05) is 6.61 Å². The molecule has 38 heavy (non-hydrogen) atoms. The second kappa shape index (κ2) is 12.0. The molecular weight excluding hydrogens is 506 g/mol. The van der Waals surface area contributed by atoms with E-state index >= 15 is 4.39 Å². The molecule has 0 saturated heterocycles. The van der Waals surface area contributed by atoms with Crippen molar-refractivity contribution in [1.82, 2.24) is 0 Å². The fraction of sp³-hybridized carbons (Fsp3) is 0.467. The van der Waals surface area contributed by atoms with Gasteiger partial charge in [-0.05, 0) is 93.4 Å². The van der Waals surface area contributed by atoms with Crippen molar-refractivity contribution in [1.29, 1.82) is 0 Å². The number of alkyl halides is 2. The molecule has 2 aliphatic carbocycles. The summed E-state index contributed by atoms with van der Waals surface area (Å²) in [6.45, 7) is 5.56. The summed E-state index contributed by atoms with van der Waals surface area (Å²) < 4.78 is 98.6. The second-order valence-electron chi connectivity index (χ2n) is 10.0. The van der Waals surface area contributed by atoms with Crippen LogP contribution in [0.5, 0.6) is 5.75 Å².